The van der Waals surface area contributed by atoms with E-state index in [0.29, 0.717) is 22.3 Å². The van der Waals surface area contributed by atoms with Gasteiger partial charge in [0.2, 0.25) is 5.91 Å². The summed E-state index contributed by atoms with van der Waals surface area (Å²) in [7, 11) is 0. The number of unbranched alkanes of at least 4 members (excludes halogenated alkanes) is 1. The van der Waals surface area contributed by atoms with Gasteiger partial charge in [0.25, 0.3) is 0 Å². The molecule has 24 heavy (non-hydrogen) atoms. The lowest BCUT2D eigenvalue weighted by Crippen LogP contribution is -2.21. The largest absolute Gasteiger partial charge is 0.494 e. The predicted octanol–water partition coefficient (Wildman–Crippen LogP) is 5.22. The molecular weight excluding hydrogens is 347 g/mol. The van der Waals surface area contributed by atoms with Crippen LogP contribution >= 0.6 is 23.2 Å². The zero-order valence-electron chi connectivity index (χ0n) is 13.4. The molecule has 2 aromatic rings. The van der Waals surface area contributed by atoms with Crippen molar-refractivity contribution in [2.24, 2.45) is 0 Å². The average molecular weight is 367 g/mol. The van der Waals surface area contributed by atoms with Crippen molar-refractivity contribution in [3.8, 4) is 5.75 Å². The number of ether oxygens (including phenoxy) is 1. The maximum Gasteiger partial charge on any atom is 0.243 e. The lowest BCUT2D eigenvalue weighted by atomic mass is 10.3. The van der Waals surface area contributed by atoms with Gasteiger partial charge in [-0.3, -0.25) is 4.79 Å². The Balaban J connectivity index is 1.87. The topological polar surface area (TPSA) is 50.4 Å². The Morgan fingerprint density at radius 1 is 1.17 bits per heavy atom. The third-order valence-electron chi connectivity index (χ3n) is 3.26. The van der Waals surface area contributed by atoms with E-state index < -0.39 is 0 Å². The molecule has 2 rings (SSSR count). The van der Waals surface area contributed by atoms with Gasteiger partial charge in [0.05, 0.1) is 23.9 Å². The smallest absolute Gasteiger partial charge is 0.243 e. The van der Waals surface area contributed by atoms with Gasteiger partial charge < -0.3 is 15.4 Å². The summed E-state index contributed by atoms with van der Waals surface area (Å²) in [4.78, 5) is 12.0. The maximum absolute atomic E-state index is 12.0. The Kier molecular flexibility index (Phi) is 7.22. The van der Waals surface area contributed by atoms with Crippen LogP contribution in [0.3, 0.4) is 0 Å². The van der Waals surface area contributed by atoms with Crippen molar-refractivity contribution in [3.63, 3.8) is 0 Å². The van der Waals surface area contributed by atoms with Crippen molar-refractivity contribution in [1.82, 2.24) is 0 Å². The molecule has 0 aliphatic rings. The second-order valence-corrected chi connectivity index (χ2v) is 6.10. The van der Waals surface area contributed by atoms with Crippen LogP contribution in [-0.2, 0) is 4.79 Å². The van der Waals surface area contributed by atoms with Gasteiger partial charge >= 0.3 is 0 Å². The number of amides is 1. The molecule has 2 N–H and O–H groups in total. The normalized spacial score (nSPS) is 10.3. The number of halogens is 2. The molecule has 0 fully saturated rings. The molecule has 0 bridgehead atoms. The van der Waals surface area contributed by atoms with E-state index in [2.05, 4.69) is 17.6 Å². The first kappa shape index (κ1) is 18.4. The third-order valence-corrected chi connectivity index (χ3v) is 3.82. The van der Waals surface area contributed by atoms with Crippen LogP contribution in [0, 0.1) is 0 Å². The van der Waals surface area contributed by atoms with Crippen LogP contribution in [0.1, 0.15) is 19.8 Å². The summed E-state index contributed by atoms with van der Waals surface area (Å²) < 4.78 is 5.65. The molecule has 0 spiro atoms. The molecule has 1 amide bonds. The zero-order chi connectivity index (χ0) is 17.4. The number of anilines is 2. The van der Waals surface area contributed by atoms with E-state index in [1.54, 1.807) is 18.2 Å². The SMILES string of the molecule is CCCCOc1cccc(NCC(=O)Nc2cc(Cl)ccc2Cl)c1. The maximum atomic E-state index is 12.0. The molecule has 0 atom stereocenters. The van der Waals surface area contributed by atoms with E-state index in [9.17, 15) is 4.79 Å². The number of carbonyl (C=O) groups excluding carboxylic acids is 1. The van der Waals surface area contributed by atoms with Crippen LogP contribution in [0.15, 0.2) is 42.5 Å². The Morgan fingerprint density at radius 3 is 2.79 bits per heavy atom. The summed E-state index contributed by atoms with van der Waals surface area (Å²) in [6.07, 6.45) is 2.10. The van der Waals surface area contributed by atoms with Gasteiger partial charge in [-0.15, -0.1) is 0 Å². The summed E-state index contributed by atoms with van der Waals surface area (Å²) in [5.41, 5.74) is 1.31. The fraction of sp³-hybridized carbons (Fsp3) is 0.278. The van der Waals surface area contributed by atoms with Crippen LogP contribution < -0.4 is 15.4 Å². The van der Waals surface area contributed by atoms with Crippen molar-refractivity contribution in [3.05, 3.63) is 52.5 Å². The molecule has 0 radical (unpaired) electrons. The number of hydrogen-bond acceptors (Lipinski definition) is 3. The summed E-state index contributed by atoms with van der Waals surface area (Å²) in [5.74, 6) is 0.572. The second-order valence-electron chi connectivity index (χ2n) is 5.26. The molecule has 0 aromatic heterocycles. The van der Waals surface area contributed by atoms with Crippen molar-refractivity contribution >= 4 is 40.5 Å². The quantitative estimate of drug-likeness (QED) is 0.629. The molecule has 4 nitrogen and oxygen atoms in total. The van der Waals surface area contributed by atoms with Crippen molar-refractivity contribution in [1.29, 1.82) is 0 Å². The highest BCUT2D eigenvalue weighted by Crippen LogP contribution is 2.25. The molecule has 2 aromatic carbocycles. The van der Waals surface area contributed by atoms with E-state index in [0.717, 1.165) is 24.3 Å². The molecule has 0 saturated heterocycles. The standard InChI is InChI=1S/C18H20Cl2N2O2/c1-2-3-9-24-15-6-4-5-14(11-15)21-12-18(23)22-17-10-13(19)7-8-16(17)20/h4-8,10-11,21H,2-3,9,12H2,1H3,(H,22,23). The first-order valence-corrected chi connectivity index (χ1v) is 8.55. The van der Waals surface area contributed by atoms with Crippen LogP contribution in [0.4, 0.5) is 11.4 Å². The van der Waals surface area contributed by atoms with E-state index in [1.165, 1.54) is 0 Å². The number of hydrogen-bond donors (Lipinski definition) is 2. The lowest BCUT2D eigenvalue weighted by Gasteiger charge is -2.11. The molecular formula is C18H20Cl2N2O2. The van der Waals surface area contributed by atoms with Crippen LogP contribution in [0.2, 0.25) is 10.0 Å². The van der Waals surface area contributed by atoms with Gasteiger partial charge in [0.1, 0.15) is 5.75 Å². The average Bonchev–Trinajstić information content (AvgIpc) is 2.57. The van der Waals surface area contributed by atoms with Crippen LogP contribution in [0.25, 0.3) is 0 Å². The molecule has 128 valence electrons. The molecule has 0 heterocycles. The van der Waals surface area contributed by atoms with Crippen molar-refractivity contribution in [2.75, 3.05) is 23.8 Å². The Morgan fingerprint density at radius 2 is 2.00 bits per heavy atom. The summed E-state index contributed by atoms with van der Waals surface area (Å²) in [6.45, 7) is 2.92. The highest BCUT2D eigenvalue weighted by Gasteiger charge is 2.07. The number of carbonyl (C=O) groups is 1. The highest BCUT2D eigenvalue weighted by atomic mass is 35.5. The van der Waals surface area contributed by atoms with Gasteiger partial charge in [-0.05, 0) is 36.8 Å². The molecule has 0 unspecified atom stereocenters. The monoisotopic (exact) mass is 366 g/mol. The Bertz CT molecular complexity index is 692. The summed E-state index contributed by atoms with van der Waals surface area (Å²) in [6, 6.07) is 12.5. The van der Waals surface area contributed by atoms with E-state index in [-0.39, 0.29) is 12.5 Å². The zero-order valence-corrected chi connectivity index (χ0v) is 15.0. The summed E-state index contributed by atoms with van der Waals surface area (Å²) >= 11 is 11.9. The lowest BCUT2D eigenvalue weighted by molar-refractivity contribution is -0.114. The minimum atomic E-state index is -0.212. The van der Waals surface area contributed by atoms with Crippen molar-refractivity contribution < 1.29 is 9.53 Å². The highest BCUT2D eigenvalue weighted by molar-refractivity contribution is 6.35. The fourth-order valence-electron chi connectivity index (χ4n) is 2.00. The molecule has 0 aliphatic heterocycles. The fourth-order valence-corrected chi connectivity index (χ4v) is 2.34. The minimum Gasteiger partial charge on any atom is -0.494 e. The van der Waals surface area contributed by atoms with Gasteiger partial charge in [0, 0.05) is 16.8 Å². The van der Waals surface area contributed by atoms with Gasteiger partial charge in [-0.25, -0.2) is 0 Å². The molecule has 0 aliphatic carbocycles. The first-order chi connectivity index (χ1) is 11.6. The second kappa shape index (κ2) is 9.40. The molecule has 0 saturated carbocycles. The Hall–Kier alpha value is -1.91. The summed E-state index contributed by atoms with van der Waals surface area (Å²) in [5, 5.41) is 6.75. The first-order valence-electron chi connectivity index (χ1n) is 7.80. The number of nitrogens with one attached hydrogen (secondary N) is 2. The Labute approximate surface area is 152 Å². The van der Waals surface area contributed by atoms with Crippen LogP contribution in [-0.4, -0.2) is 19.1 Å². The van der Waals surface area contributed by atoms with Gasteiger partial charge in [-0.2, -0.15) is 0 Å². The van der Waals surface area contributed by atoms with E-state index in [4.69, 9.17) is 27.9 Å². The predicted molar refractivity (Wildman–Crippen MR) is 100 cm³/mol. The number of benzene rings is 2. The van der Waals surface area contributed by atoms with Gasteiger partial charge in [0.15, 0.2) is 0 Å². The number of rotatable bonds is 8. The third kappa shape index (κ3) is 5.95. The van der Waals surface area contributed by atoms with Crippen molar-refractivity contribution in [2.45, 2.75) is 19.8 Å². The molecule has 6 heteroatoms. The van der Waals surface area contributed by atoms with Crippen LogP contribution in [0.5, 0.6) is 5.75 Å². The van der Waals surface area contributed by atoms with E-state index in [1.807, 2.05) is 24.3 Å². The van der Waals surface area contributed by atoms with E-state index >= 15 is 0 Å². The van der Waals surface area contributed by atoms with Gasteiger partial charge in [-0.1, -0.05) is 42.6 Å². The minimum absolute atomic E-state index is 0.112.